The van der Waals surface area contributed by atoms with E-state index >= 15 is 24.0 Å². The Morgan fingerprint density at radius 2 is 1.22 bits per heavy atom. The number of alkyl halides is 5. The Morgan fingerprint density at radius 1 is 0.612 bits per heavy atom. The summed E-state index contributed by atoms with van der Waals surface area (Å²) in [4.78, 5) is 192. The summed E-state index contributed by atoms with van der Waals surface area (Å²) in [6.45, 7) is 13.4. The van der Waals surface area contributed by atoms with Crippen LogP contribution >= 0.6 is 23.2 Å². The van der Waals surface area contributed by atoms with E-state index in [-0.39, 0.29) is 89.1 Å². The first-order valence-corrected chi connectivity index (χ1v) is 38.8. The summed E-state index contributed by atoms with van der Waals surface area (Å²) in [7, 11) is 11.4. The van der Waals surface area contributed by atoms with E-state index < -0.39 is 184 Å². The number of carbonyl (C=O) groups is 12. The predicted octanol–water partition coefficient (Wildman–Crippen LogP) is 7.19. The van der Waals surface area contributed by atoms with Crippen LogP contribution in [0.3, 0.4) is 0 Å². The molecule has 6 rings (SSSR count). The molecule has 2 heterocycles. The zero-order valence-electron chi connectivity index (χ0n) is 64.1. The molecule has 16 atom stereocenters. The Labute approximate surface area is 619 Å². The number of hydrogen-bond acceptors (Lipinski definition) is 12. The number of halogens is 5. The molecule has 584 valence electrons. The van der Waals surface area contributed by atoms with Gasteiger partial charge in [-0.3, -0.25) is 57.5 Å². The minimum absolute atomic E-state index is 0.00493. The Kier molecular flexibility index (Phi) is 31.3. The summed E-state index contributed by atoms with van der Waals surface area (Å²) in [5, 5.41) is 7.20. The molecule has 3 N–H and O–H groups in total. The molecule has 0 aromatic carbocycles. The normalized spacial score (nSPS) is 32.8. The van der Waals surface area contributed by atoms with Gasteiger partial charge in [-0.05, 0) is 133 Å². The first-order chi connectivity index (χ1) is 48.3. The van der Waals surface area contributed by atoms with Crippen LogP contribution in [0.25, 0.3) is 0 Å². The van der Waals surface area contributed by atoms with Crippen molar-refractivity contribution in [2.24, 2.45) is 41.4 Å². The maximum absolute atomic E-state index is 15.9. The molecule has 0 aromatic heterocycles. The van der Waals surface area contributed by atoms with E-state index in [0.717, 1.165) is 48.3 Å². The second-order valence-corrected chi connectivity index (χ2v) is 32.6. The van der Waals surface area contributed by atoms with Crippen molar-refractivity contribution in [3.8, 4) is 0 Å². The van der Waals surface area contributed by atoms with Crippen LogP contribution in [0.4, 0.5) is 13.2 Å². The molecule has 0 aromatic rings. The molecule has 2 saturated heterocycles. The van der Waals surface area contributed by atoms with E-state index in [1.54, 1.807) is 20.8 Å². The van der Waals surface area contributed by atoms with Crippen molar-refractivity contribution in [2.45, 2.75) is 280 Å². The average molecular weight is 1500 g/mol. The zero-order valence-corrected chi connectivity index (χ0v) is 65.6. The van der Waals surface area contributed by atoms with Crippen LogP contribution in [0, 0.1) is 41.4 Å². The fourth-order valence-electron chi connectivity index (χ4n) is 16.4. The molecule has 6 fully saturated rings. The highest BCUT2D eigenvalue weighted by Crippen LogP contribution is 2.44. The third-order valence-corrected chi connectivity index (χ3v) is 25.4. The number of nitrogens with one attached hydrogen (secondary N) is 3. The van der Waals surface area contributed by atoms with Gasteiger partial charge in [-0.2, -0.15) is 13.2 Å². The van der Waals surface area contributed by atoms with Crippen LogP contribution in [0.2, 0.25) is 0 Å². The van der Waals surface area contributed by atoms with Gasteiger partial charge in [0.25, 0.3) is 0 Å². The minimum Gasteiger partial charge on any atom is -0.347 e. The van der Waals surface area contributed by atoms with Gasteiger partial charge in [0, 0.05) is 80.2 Å². The second-order valence-electron chi connectivity index (χ2n) is 31.4. The molecule has 1 spiro atoms. The molecule has 103 heavy (non-hydrogen) atoms. The van der Waals surface area contributed by atoms with Gasteiger partial charge >= 0.3 is 6.18 Å². The van der Waals surface area contributed by atoms with Gasteiger partial charge in [0.05, 0.1) is 18.9 Å². The Hall–Kier alpha value is -5.99. The monoisotopic (exact) mass is 1500 g/mol. The van der Waals surface area contributed by atoms with Crippen molar-refractivity contribution in [1.29, 1.82) is 0 Å². The Bertz CT molecular complexity index is 3010. The van der Waals surface area contributed by atoms with Gasteiger partial charge in [-0.15, -0.1) is 23.2 Å². The first-order valence-electron chi connectivity index (χ1n) is 37.9. The molecule has 29 heteroatoms. The molecular weight excluding hydrogens is 1380 g/mol. The molecule has 4 aliphatic carbocycles. The molecule has 24 nitrogen and oxygen atoms in total. The zero-order chi connectivity index (χ0) is 77.0. The predicted molar refractivity (Wildman–Crippen MR) is 386 cm³/mol. The molecule has 12 amide bonds. The summed E-state index contributed by atoms with van der Waals surface area (Å²) < 4.78 is 42.5. The van der Waals surface area contributed by atoms with Crippen molar-refractivity contribution >= 4 is 94.1 Å². The summed E-state index contributed by atoms with van der Waals surface area (Å²) in [5.41, 5.74) is -1.64. The summed E-state index contributed by atoms with van der Waals surface area (Å²) in [5.74, 6) is -11.0. The lowest BCUT2D eigenvalue weighted by Gasteiger charge is -2.45. The third-order valence-electron chi connectivity index (χ3n) is 24.3. The summed E-state index contributed by atoms with van der Waals surface area (Å²) >= 11 is 13.6. The molecule has 4 saturated carbocycles. The first kappa shape index (κ1) is 85.9. The number of likely N-dealkylation sites (N-methyl/N-ethyl adjacent to an activating group) is 8. The van der Waals surface area contributed by atoms with Gasteiger partial charge in [0.2, 0.25) is 70.9 Å². The standard InChI is InChI=1S/C74H121Cl2F3N12O12/c1-17-44(5)61-70(101)86(13)47(8)65(96)91-37-34-55(91)69(100)87(14)57(39-49-28-26-43(4)27-29-49)68(99)84(11)42-59(92)80-54(33-31-48-30-32-51(53(76)38-48)74(77,78)79)66(97)90(19-3)56(40-50-24-20-21-25-52(50)75)64(95)82-73(35-22-23-36-73)72(103)89(16)62(45(6)18-2)71(102)88(15)58(67(98)83(9)10)41-60(93)85(12)46(7)63(94)81-61/h43-58,61-62H,17-42H2,1-16H3,(H,80,92)(H,81,94)(H,82,95)/t43?,44-,45-,46-,47-,48?,49?,50?,51?,52?,53?,54-,55-,56-,57-,58-,61-,62-/m0/s1. The number of hydrogen-bond donors (Lipinski definition) is 3. The number of nitrogens with zero attached hydrogens (tertiary/aromatic N) is 9. The van der Waals surface area contributed by atoms with Crippen molar-refractivity contribution in [3.63, 3.8) is 0 Å². The largest absolute Gasteiger partial charge is 0.393 e. The average Bonchev–Trinajstić information content (AvgIpc) is 1.01. The molecule has 0 radical (unpaired) electrons. The molecule has 2 aliphatic heterocycles. The quantitative estimate of drug-likeness (QED) is 0.155. The Morgan fingerprint density at radius 3 is 1.78 bits per heavy atom. The number of rotatable bonds is 13. The van der Waals surface area contributed by atoms with E-state index in [1.807, 2.05) is 13.8 Å². The van der Waals surface area contributed by atoms with E-state index in [0.29, 0.717) is 44.4 Å². The minimum atomic E-state index is -4.53. The van der Waals surface area contributed by atoms with Gasteiger partial charge < -0.3 is 60.0 Å². The van der Waals surface area contributed by atoms with Crippen LogP contribution in [0.1, 0.15) is 203 Å². The van der Waals surface area contributed by atoms with E-state index in [4.69, 9.17) is 23.2 Å². The number of fused-ring (bicyclic) bond motifs is 1. The SMILES string of the molecule is CC[C@H](C)[C@@H]1NC(=O)[C@H](C)N(C)C(=O)C[C@@H](C(=O)N(C)C)N(C)C(=O)[C@H]([C@@H](C)CC)N(C)C(=O)C2(CCCC2)NC(=O)[C@H](CC2CCCCC2Cl)N(CC)C(=O)[C@H](CCC2CCC(C(F)(F)F)C(Cl)C2)NC(=O)CN(C)C(=O)[C@H](CC2CCC(C)CC2)N(C)C(=O)[C@@H]2CCN2C(=O)[C@H](C)N(C)C1=O. The summed E-state index contributed by atoms with van der Waals surface area (Å²) in [6, 6.07) is -11.3. The number of carbonyl (C=O) groups excluding carboxylic acids is 12. The van der Waals surface area contributed by atoms with Crippen LogP contribution in [0.15, 0.2) is 0 Å². The van der Waals surface area contributed by atoms with Gasteiger partial charge in [0.15, 0.2) is 0 Å². The lowest BCUT2D eigenvalue weighted by molar-refractivity contribution is -0.182. The third kappa shape index (κ3) is 20.8. The smallest absolute Gasteiger partial charge is 0.347 e. The summed E-state index contributed by atoms with van der Waals surface area (Å²) in [6.07, 6.45) is 3.40. The highest BCUT2D eigenvalue weighted by Gasteiger charge is 2.52. The van der Waals surface area contributed by atoms with Crippen molar-refractivity contribution in [1.82, 2.24) is 60.0 Å². The molecule has 0 bridgehead atoms. The van der Waals surface area contributed by atoms with Crippen LogP contribution in [0.5, 0.6) is 0 Å². The Balaban J connectivity index is 1.47. The van der Waals surface area contributed by atoms with E-state index in [1.165, 1.54) is 105 Å². The fourth-order valence-corrected chi connectivity index (χ4v) is 17.3. The fraction of sp³-hybridized carbons (Fsp3) is 0.838. The second kappa shape index (κ2) is 37.5. The van der Waals surface area contributed by atoms with Crippen LogP contribution in [-0.2, 0) is 57.5 Å². The van der Waals surface area contributed by atoms with Gasteiger partial charge in [0.1, 0.15) is 59.9 Å². The van der Waals surface area contributed by atoms with E-state index in [9.17, 15) is 46.7 Å². The topological polar surface area (TPSA) is 270 Å². The van der Waals surface area contributed by atoms with Gasteiger partial charge in [-0.25, -0.2) is 0 Å². The van der Waals surface area contributed by atoms with Crippen molar-refractivity contribution in [2.75, 3.05) is 76.0 Å². The highest BCUT2D eigenvalue weighted by molar-refractivity contribution is 6.21. The highest BCUT2D eigenvalue weighted by atomic mass is 35.5. The van der Waals surface area contributed by atoms with Crippen molar-refractivity contribution < 1.29 is 70.7 Å². The maximum atomic E-state index is 15.9. The lowest BCUT2D eigenvalue weighted by atomic mass is 9.78. The number of amides is 12. The molecule has 6 aliphatic rings. The van der Waals surface area contributed by atoms with Crippen LogP contribution < -0.4 is 16.0 Å². The van der Waals surface area contributed by atoms with Gasteiger partial charge in [-0.1, -0.05) is 98.8 Å². The maximum Gasteiger partial charge on any atom is 0.393 e. The molecular formula is C74H121Cl2F3N12O12. The van der Waals surface area contributed by atoms with E-state index in [2.05, 4.69) is 22.9 Å². The molecule has 5 unspecified atom stereocenters. The lowest BCUT2D eigenvalue weighted by Crippen LogP contribution is -2.66. The van der Waals surface area contributed by atoms with Crippen LogP contribution in [-0.4, -0.2) is 268 Å². The van der Waals surface area contributed by atoms with Crippen molar-refractivity contribution in [3.05, 3.63) is 0 Å².